The fraction of sp³-hybridized carbons (Fsp3) is 0.429. The van der Waals surface area contributed by atoms with Crippen molar-refractivity contribution in [2.45, 2.75) is 32.5 Å². The number of benzene rings is 1. The standard InChI is InChI=1S/C21H28F3N5/c1-3-29(4-2)19(16-8-10-17(11-9-16)21(22,23)24)15-28-20(25)27-14-12-18-7-5-6-13-26-18/h5-11,13,19H,3-4,12,14-15H2,1-2H3,(H3,25,27,28). The maximum atomic E-state index is 12.8. The number of alkyl halides is 3. The molecule has 0 fully saturated rings. The molecule has 0 spiro atoms. The Bertz CT molecular complexity index is 756. The number of pyridine rings is 1. The molecule has 1 unspecified atom stereocenters. The van der Waals surface area contributed by atoms with E-state index in [4.69, 9.17) is 5.73 Å². The van der Waals surface area contributed by atoms with Gasteiger partial charge in [0.05, 0.1) is 18.2 Å². The van der Waals surface area contributed by atoms with Crippen LogP contribution in [0.3, 0.4) is 0 Å². The molecule has 0 saturated carbocycles. The molecule has 1 aromatic heterocycles. The quantitative estimate of drug-likeness (QED) is 0.492. The highest BCUT2D eigenvalue weighted by atomic mass is 19.4. The molecule has 158 valence electrons. The first-order chi connectivity index (χ1) is 13.8. The molecule has 0 saturated heterocycles. The van der Waals surface area contributed by atoms with E-state index >= 15 is 0 Å². The minimum absolute atomic E-state index is 0.150. The molecule has 2 rings (SSSR count). The van der Waals surface area contributed by atoms with Gasteiger partial charge in [0.15, 0.2) is 5.96 Å². The van der Waals surface area contributed by atoms with E-state index in [1.807, 2.05) is 32.0 Å². The Morgan fingerprint density at radius 3 is 2.38 bits per heavy atom. The second-order valence-corrected chi connectivity index (χ2v) is 6.58. The third kappa shape index (κ3) is 7.05. The number of aliphatic imine (C=N–C) groups is 1. The molecule has 0 radical (unpaired) electrons. The second kappa shape index (κ2) is 10.8. The number of hydrogen-bond acceptors (Lipinski definition) is 3. The van der Waals surface area contributed by atoms with Crippen molar-refractivity contribution < 1.29 is 13.2 Å². The molecule has 0 amide bonds. The van der Waals surface area contributed by atoms with Gasteiger partial charge in [0.1, 0.15) is 0 Å². The van der Waals surface area contributed by atoms with E-state index in [0.717, 1.165) is 42.9 Å². The van der Waals surface area contributed by atoms with E-state index in [-0.39, 0.29) is 6.04 Å². The summed E-state index contributed by atoms with van der Waals surface area (Å²) in [5.74, 6) is 0.310. The van der Waals surface area contributed by atoms with Gasteiger partial charge in [-0.2, -0.15) is 13.2 Å². The number of nitrogens with two attached hydrogens (primary N) is 1. The second-order valence-electron chi connectivity index (χ2n) is 6.58. The Hall–Kier alpha value is -2.61. The molecule has 0 bridgehead atoms. The van der Waals surface area contributed by atoms with Crippen molar-refractivity contribution in [1.82, 2.24) is 15.2 Å². The van der Waals surface area contributed by atoms with Gasteiger partial charge in [0, 0.05) is 24.9 Å². The van der Waals surface area contributed by atoms with Crippen LogP contribution < -0.4 is 11.1 Å². The number of guanidine groups is 1. The van der Waals surface area contributed by atoms with Gasteiger partial charge in [-0.25, -0.2) is 0 Å². The number of nitrogens with one attached hydrogen (secondary N) is 1. The SMILES string of the molecule is CCN(CC)C(CN=C(N)NCCc1ccccn1)c1ccc(C(F)(F)F)cc1. The Labute approximate surface area is 169 Å². The van der Waals surface area contributed by atoms with Crippen molar-refractivity contribution >= 4 is 5.96 Å². The topological polar surface area (TPSA) is 66.5 Å². The van der Waals surface area contributed by atoms with Crippen LogP contribution in [-0.2, 0) is 12.6 Å². The lowest BCUT2D eigenvalue weighted by Gasteiger charge is -2.29. The van der Waals surface area contributed by atoms with Gasteiger partial charge in [-0.05, 0) is 42.9 Å². The van der Waals surface area contributed by atoms with Gasteiger partial charge in [-0.3, -0.25) is 14.9 Å². The summed E-state index contributed by atoms with van der Waals surface area (Å²) in [6, 6.07) is 10.9. The summed E-state index contributed by atoms with van der Waals surface area (Å²) in [7, 11) is 0. The van der Waals surface area contributed by atoms with Crippen LogP contribution >= 0.6 is 0 Å². The number of rotatable bonds is 9. The van der Waals surface area contributed by atoms with Crippen LogP contribution in [0.5, 0.6) is 0 Å². The molecule has 29 heavy (non-hydrogen) atoms. The monoisotopic (exact) mass is 407 g/mol. The molecular weight excluding hydrogens is 379 g/mol. The number of hydrogen-bond donors (Lipinski definition) is 2. The van der Waals surface area contributed by atoms with Crippen molar-refractivity contribution in [3.8, 4) is 0 Å². The highest BCUT2D eigenvalue weighted by Crippen LogP contribution is 2.31. The van der Waals surface area contributed by atoms with Crippen LogP contribution in [0.2, 0.25) is 0 Å². The predicted octanol–water partition coefficient (Wildman–Crippen LogP) is 3.63. The molecule has 8 heteroatoms. The number of nitrogens with zero attached hydrogens (tertiary/aromatic N) is 3. The van der Waals surface area contributed by atoms with Gasteiger partial charge in [0.25, 0.3) is 0 Å². The summed E-state index contributed by atoms with van der Waals surface area (Å²) in [4.78, 5) is 10.8. The normalized spacial score (nSPS) is 13.5. The minimum Gasteiger partial charge on any atom is -0.370 e. The molecule has 5 nitrogen and oxygen atoms in total. The van der Waals surface area contributed by atoms with Crippen LogP contribution in [0.4, 0.5) is 13.2 Å². The van der Waals surface area contributed by atoms with Crippen molar-refractivity contribution in [3.63, 3.8) is 0 Å². The molecule has 3 N–H and O–H groups in total. The number of aromatic nitrogens is 1. The fourth-order valence-electron chi connectivity index (χ4n) is 3.10. The highest BCUT2D eigenvalue weighted by Gasteiger charge is 2.30. The number of halogens is 3. The largest absolute Gasteiger partial charge is 0.416 e. The van der Waals surface area contributed by atoms with Gasteiger partial charge >= 0.3 is 6.18 Å². The molecular formula is C21H28F3N5. The summed E-state index contributed by atoms with van der Waals surface area (Å²) in [5, 5.41) is 3.06. The van der Waals surface area contributed by atoms with Crippen LogP contribution in [0.1, 0.15) is 36.7 Å². The molecule has 2 aromatic rings. The van der Waals surface area contributed by atoms with Crippen molar-refractivity contribution in [2.24, 2.45) is 10.7 Å². The predicted molar refractivity (Wildman–Crippen MR) is 110 cm³/mol. The van der Waals surface area contributed by atoms with Crippen molar-refractivity contribution in [2.75, 3.05) is 26.2 Å². The van der Waals surface area contributed by atoms with Gasteiger partial charge in [0.2, 0.25) is 0 Å². The van der Waals surface area contributed by atoms with Crippen molar-refractivity contribution in [1.29, 1.82) is 0 Å². The van der Waals surface area contributed by atoms with E-state index in [1.54, 1.807) is 6.20 Å². The summed E-state index contributed by atoms with van der Waals surface area (Å²) in [6.45, 7) is 6.49. The minimum atomic E-state index is -4.34. The average molecular weight is 407 g/mol. The van der Waals surface area contributed by atoms with E-state index in [2.05, 4.69) is 20.2 Å². The lowest BCUT2D eigenvalue weighted by molar-refractivity contribution is -0.137. The first-order valence-corrected chi connectivity index (χ1v) is 9.70. The molecule has 0 aliphatic heterocycles. The zero-order chi connectivity index (χ0) is 21.3. The maximum Gasteiger partial charge on any atom is 0.416 e. The Morgan fingerprint density at radius 1 is 1.14 bits per heavy atom. The lowest BCUT2D eigenvalue weighted by Crippen LogP contribution is -2.35. The van der Waals surface area contributed by atoms with E-state index in [0.29, 0.717) is 19.0 Å². The summed E-state index contributed by atoms with van der Waals surface area (Å²) >= 11 is 0. The Balaban J connectivity index is 2.03. The molecule has 1 aromatic carbocycles. The summed E-state index contributed by atoms with van der Waals surface area (Å²) in [6.07, 6.45) is -1.88. The van der Waals surface area contributed by atoms with Crippen LogP contribution in [0, 0.1) is 0 Å². The number of likely N-dealkylation sites (N-methyl/N-ethyl adjacent to an activating group) is 1. The summed E-state index contributed by atoms with van der Waals surface area (Å²) < 4.78 is 38.5. The smallest absolute Gasteiger partial charge is 0.370 e. The highest BCUT2D eigenvalue weighted by molar-refractivity contribution is 5.77. The zero-order valence-electron chi connectivity index (χ0n) is 16.8. The first-order valence-electron chi connectivity index (χ1n) is 9.70. The molecule has 1 atom stereocenters. The van der Waals surface area contributed by atoms with E-state index < -0.39 is 11.7 Å². The Kier molecular flexibility index (Phi) is 8.45. The molecule has 1 heterocycles. The van der Waals surface area contributed by atoms with Gasteiger partial charge in [-0.15, -0.1) is 0 Å². The zero-order valence-corrected chi connectivity index (χ0v) is 16.8. The average Bonchev–Trinajstić information content (AvgIpc) is 2.71. The third-order valence-corrected chi connectivity index (χ3v) is 4.72. The van der Waals surface area contributed by atoms with E-state index in [9.17, 15) is 13.2 Å². The van der Waals surface area contributed by atoms with Crippen LogP contribution in [0.15, 0.2) is 53.7 Å². The summed E-state index contributed by atoms with van der Waals surface area (Å²) in [5.41, 5.74) is 7.07. The van der Waals surface area contributed by atoms with Crippen LogP contribution in [-0.4, -0.2) is 42.0 Å². The molecule has 0 aliphatic carbocycles. The third-order valence-electron chi connectivity index (χ3n) is 4.72. The van der Waals surface area contributed by atoms with Crippen molar-refractivity contribution in [3.05, 3.63) is 65.5 Å². The first kappa shape index (κ1) is 22.7. The van der Waals surface area contributed by atoms with Crippen LogP contribution in [0.25, 0.3) is 0 Å². The Morgan fingerprint density at radius 2 is 1.83 bits per heavy atom. The van der Waals surface area contributed by atoms with Gasteiger partial charge < -0.3 is 11.1 Å². The lowest BCUT2D eigenvalue weighted by atomic mass is 10.0. The molecule has 0 aliphatic rings. The fourth-order valence-corrected chi connectivity index (χ4v) is 3.10. The van der Waals surface area contributed by atoms with Gasteiger partial charge in [-0.1, -0.05) is 32.0 Å². The maximum absolute atomic E-state index is 12.8. The van der Waals surface area contributed by atoms with E-state index in [1.165, 1.54) is 12.1 Å².